The van der Waals surface area contributed by atoms with Crippen molar-refractivity contribution < 1.29 is 4.79 Å². The van der Waals surface area contributed by atoms with E-state index in [1.807, 2.05) is 11.9 Å². The lowest BCUT2D eigenvalue weighted by atomic mass is 9.84. The molecule has 0 spiro atoms. The summed E-state index contributed by atoms with van der Waals surface area (Å²) in [7, 11) is 1.90. The molecule has 2 atom stereocenters. The van der Waals surface area contributed by atoms with Gasteiger partial charge in [-0.05, 0) is 17.8 Å². The maximum absolute atomic E-state index is 11.2. The first-order valence-corrected chi connectivity index (χ1v) is 4.76. The van der Waals surface area contributed by atoms with Crippen LogP contribution in [0.2, 0.25) is 0 Å². The van der Waals surface area contributed by atoms with Crippen molar-refractivity contribution in [3.05, 3.63) is 0 Å². The maximum atomic E-state index is 11.2. The van der Waals surface area contributed by atoms with E-state index in [0.717, 1.165) is 13.0 Å². The number of likely N-dealkylation sites (tertiary alicyclic amines) is 1. The quantitative estimate of drug-likeness (QED) is 0.617. The Bertz CT molecular complexity index is 177. The van der Waals surface area contributed by atoms with Crippen LogP contribution < -0.4 is 0 Å². The zero-order valence-electron chi connectivity index (χ0n) is 8.50. The number of carbonyl (C=O) groups excluding carboxylic acids is 1. The molecular formula is C10H19NO. The number of rotatable bonds is 2. The number of nitrogens with zero attached hydrogens (tertiary/aromatic N) is 1. The fraction of sp³-hybridized carbons (Fsp3) is 0.900. The molecule has 0 aromatic heterocycles. The highest BCUT2D eigenvalue weighted by atomic mass is 16.2. The molecule has 1 aliphatic rings. The van der Waals surface area contributed by atoms with Gasteiger partial charge >= 0.3 is 0 Å². The summed E-state index contributed by atoms with van der Waals surface area (Å²) in [5.74, 6) is 2.25. The smallest absolute Gasteiger partial charge is 0.222 e. The number of amides is 1. The first-order valence-electron chi connectivity index (χ1n) is 4.76. The molecule has 2 unspecified atom stereocenters. The van der Waals surface area contributed by atoms with Gasteiger partial charge in [0.25, 0.3) is 0 Å². The molecule has 12 heavy (non-hydrogen) atoms. The molecule has 1 aliphatic heterocycles. The van der Waals surface area contributed by atoms with E-state index >= 15 is 0 Å². The molecule has 70 valence electrons. The molecule has 1 rings (SSSR count). The van der Waals surface area contributed by atoms with Crippen LogP contribution >= 0.6 is 0 Å². The molecule has 0 aromatic rings. The lowest BCUT2D eigenvalue weighted by Crippen LogP contribution is -2.22. The van der Waals surface area contributed by atoms with Crippen molar-refractivity contribution in [1.82, 2.24) is 4.90 Å². The van der Waals surface area contributed by atoms with Gasteiger partial charge in [0.1, 0.15) is 0 Å². The largest absolute Gasteiger partial charge is 0.345 e. The van der Waals surface area contributed by atoms with Gasteiger partial charge in [-0.2, -0.15) is 0 Å². The van der Waals surface area contributed by atoms with E-state index in [9.17, 15) is 4.79 Å². The standard InChI is InChI=1S/C10H19NO/c1-7(2)8(3)9-5-10(12)11(4)6-9/h7-9H,5-6H2,1-4H3. The van der Waals surface area contributed by atoms with Crippen LogP contribution in [0.15, 0.2) is 0 Å². The molecule has 1 heterocycles. The van der Waals surface area contributed by atoms with Crippen LogP contribution in [0.1, 0.15) is 27.2 Å². The molecule has 0 radical (unpaired) electrons. The highest BCUT2D eigenvalue weighted by Crippen LogP contribution is 2.28. The lowest BCUT2D eigenvalue weighted by molar-refractivity contribution is -0.126. The normalized spacial score (nSPS) is 26.9. The summed E-state index contributed by atoms with van der Waals surface area (Å²) in [6.07, 6.45) is 0.760. The first-order chi connectivity index (χ1) is 5.52. The Kier molecular flexibility index (Phi) is 2.76. The topological polar surface area (TPSA) is 20.3 Å². The number of hydrogen-bond donors (Lipinski definition) is 0. The SMILES string of the molecule is CC(C)C(C)C1CC(=O)N(C)C1. The highest BCUT2D eigenvalue weighted by molar-refractivity contribution is 5.78. The third-order valence-corrected chi connectivity index (χ3v) is 3.17. The van der Waals surface area contributed by atoms with E-state index in [-0.39, 0.29) is 0 Å². The van der Waals surface area contributed by atoms with Gasteiger partial charge < -0.3 is 4.90 Å². The monoisotopic (exact) mass is 169 g/mol. The molecule has 0 saturated carbocycles. The second-order valence-corrected chi connectivity index (χ2v) is 4.34. The van der Waals surface area contributed by atoms with Gasteiger partial charge in [0.15, 0.2) is 0 Å². The third-order valence-electron chi connectivity index (χ3n) is 3.17. The summed E-state index contributed by atoms with van der Waals surface area (Å²) in [4.78, 5) is 13.1. The summed E-state index contributed by atoms with van der Waals surface area (Å²) in [6, 6.07) is 0. The molecule has 1 saturated heterocycles. The molecule has 1 amide bonds. The van der Waals surface area contributed by atoms with Crippen LogP contribution in [-0.2, 0) is 4.79 Å². The average molecular weight is 169 g/mol. The molecule has 2 nitrogen and oxygen atoms in total. The predicted molar refractivity (Wildman–Crippen MR) is 49.7 cm³/mol. The Hall–Kier alpha value is -0.530. The fourth-order valence-corrected chi connectivity index (χ4v) is 1.79. The minimum atomic E-state index is 0.313. The summed E-state index contributed by atoms with van der Waals surface area (Å²) >= 11 is 0. The Morgan fingerprint density at radius 1 is 1.42 bits per heavy atom. The fourth-order valence-electron chi connectivity index (χ4n) is 1.79. The molecule has 0 N–H and O–H groups in total. The molecular weight excluding hydrogens is 150 g/mol. The average Bonchev–Trinajstić information content (AvgIpc) is 2.30. The number of hydrogen-bond acceptors (Lipinski definition) is 1. The van der Waals surface area contributed by atoms with E-state index in [0.29, 0.717) is 23.7 Å². The van der Waals surface area contributed by atoms with Gasteiger partial charge in [-0.1, -0.05) is 20.8 Å². The molecule has 0 aromatic carbocycles. The van der Waals surface area contributed by atoms with Gasteiger partial charge in [0.05, 0.1) is 0 Å². The van der Waals surface area contributed by atoms with Gasteiger partial charge in [0, 0.05) is 20.0 Å². The second-order valence-electron chi connectivity index (χ2n) is 4.34. The predicted octanol–water partition coefficient (Wildman–Crippen LogP) is 1.76. The summed E-state index contributed by atoms with van der Waals surface area (Å²) in [5.41, 5.74) is 0. The Morgan fingerprint density at radius 3 is 2.33 bits per heavy atom. The van der Waals surface area contributed by atoms with E-state index in [4.69, 9.17) is 0 Å². The Labute approximate surface area is 74.9 Å². The van der Waals surface area contributed by atoms with Crippen LogP contribution in [0.5, 0.6) is 0 Å². The summed E-state index contributed by atoms with van der Waals surface area (Å²) in [5, 5.41) is 0. The van der Waals surface area contributed by atoms with Gasteiger partial charge in [-0.3, -0.25) is 4.79 Å². The Balaban J connectivity index is 2.51. The van der Waals surface area contributed by atoms with Crippen LogP contribution in [0.3, 0.4) is 0 Å². The zero-order chi connectivity index (χ0) is 9.30. The van der Waals surface area contributed by atoms with Crippen LogP contribution in [0.4, 0.5) is 0 Å². The van der Waals surface area contributed by atoms with Gasteiger partial charge in [-0.15, -0.1) is 0 Å². The van der Waals surface area contributed by atoms with E-state index in [2.05, 4.69) is 20.8 Å². The Morgan fingerprint density at radius 2 is 2.00 bits per heavy atom. The van der Waals surface area contributed by atoms with Crippen molar-refractivity contribution in [1.29, 1.82) is 0 Å². The highest BCUT2D eigenvalue weighted by Gasteiger charge is 2.31. The van der Waals surface area contributed by atoms with E-state index in [1.165, 1.54) is 0 Å². The zero-order valence-corrected chi connectivity index (χ0v) is 8.50. The van der Waals surface area contributed by atoms with E-state index in [1.54, 1.807) is 0 Å². The van der Waals surface area contributed by atoms with Crippen LogP contribution in [0, 0.1) is 17.8 Å². The molecule has 0 bridgehead atoms. The van der Waals surface area contributed by atoms with Crippen LogP contribution in [-0.4, -0.2) is 24.4 Å². The molecule has 1 fully saturated rings. The number of carbonyl (C=O) groups is 1. The summed E-state index contributed by atoms with van der Waals surface area (Å²) in [6.45, 7) is 7.67. The van der Waals surface area contributed by atoms with Crippen molar-refractivity contribution in [3.63, 3.8) is 0 Å². The molecule has 0 aliphatic carbocycles. The van der Waals surface area contributed by atoms with E-state index < -0.39 is 0 Å². The minimum Gasteiger partial charge on any atom is -0.345 e. The summed E-state index contributed by atoms with van der Waals surface area (Å²) < 4.78 is 0. The third kappa shape index (κ3) is 1.79. The van der Waals surface area contributed by atoms with Crippen molar-refractivity contribution >= 4 is 5.91 Å². The lowest BCUT2D eigenvalue weighted by Gasteiger charge is -2.21. The van der Waals surface area contributed by atoms with Gasteiger partial charge in [-0.25, -0.2) is 0 Å². The first kappa shape index (κ1) is 9.56. The van der Waals surface area contributed by atoms with Crippen molar-refractivity contribution in [2.24, 2.45) is 17.8 Å². The van der Waals surface area contributed by atoms with Gasteiger partial charge in [0.2, 0.25) is 5.91 Å². The molecule has 2 heteroatoms. The van der Waals surface area contributed by atoms with Crippen molar-refractivity contribution in [3.8, 4) is 0 Å². The van der Waals surface area contributed by atoms with Crippen molar-refractivity contribution in [2.45, 2.75) is 27.2 Å². The maximum Gasteiger partial charge on any atom is 0.222 e. The second kappa shape index (κ2) is 3.46. The van der Waals surface area contributed by atoms with Crippen molar-refractivity contribution in [2.75, 3.05) is 13.6 Å². The van der Waals surface area contributed by atoms with Crippen LogP contribution in [0.25, 0.3) is 0 Å². The minimum absolute atomic E-state index is 0.313.